The lowest BCUT2D eigenvalue weighted by atomic mass is 9.93. The molecule has 0 aromatic rings. The molecule has 0 N–H and O–H groups in total. The van der Waals surface area contributed by atoms with Crippen LogP contribution in [-0.2, 0) is 14.3 Å². The maximum atomic E-state index is 12.9. The van der Waals surface area contributed by atoms with Crippen molar-refractivity contribution in [2.45, 2.75) is 175 Å². The van der Waals surface area contributed by atoms with Crippen LogP contribution in [0.2, 0.25) is 0 Å². The molecule has 0 aliphatic heterocycles. The molecule has 202 valence electrons. The van der Waals surface area contributed by atoms with E-state index in [4.69, 9.17) is 4.74 Å². The fourth-order valence-electron chi connectivity index (χ4n) is 4.66. The van der Waals surface area contributed by atoms with Crippen LogP contribution in [0.3, 0.4) is 0 Å². The van der Waals surface area contributed by atoms with E-state index in [1.54, 1.807) is 0 Å². The average Bonchev–Trinajstić information content (AvgIpc) is 2.84. The summed E-state index contributed by atoms with van der Waals surface area (Å²) in [7, 11) is 0. The van der Waals surface area contributed by atoms with Gasteiger partial charge in [-0.25, -0.2) is 0 Å². The number of hydrogen-bond acceptors (Lipinski definition) is 3. The quantitative estimate of drug-likeness (QED) is 0.0667. The van der Waals surface area contributed by atoms with Crippen molar-refractivity contribution in [3.63, 3.8) is 0 Å². The fraction of sp³-hybridized carbons (Fsp3) is 0.935. The van der Waals surface area contributed by atoms with Crippen LogP contribution in [0.5, 0.6) is 0 Å². The predicted octanol–water partition coefficient (Wildman–Crippen LogP) is 10.1. The molecule has 0 saturated heterocycles. The SMILES string of the molecule is CCCCCCCCCCCCCC(=O)C(CCCCCCC)C(=O)OCCCCCCCC. The molecule has 0 aromatic heterocycles. The van der Waals surface area contributed by atoms with Crippen molar-refractivity contribution in [2.75, 3.05) is 6.61 Å². The molecule has 0 aromatic carbocycles. The van der Waals surface area contributed by atoms with Gasteiger partial charge >= 0.3 is 5.97 Å². The number of ether oxygens (including phenoxy) is 1. The van der Waals surface area contributed by atoms with Crippen LogP contribution in [0.25, 0.3) is 0 Å². The summed E-state index contributed by atoms with van der Waals surface area (Å²) in [6.45, 7) is 7.17. The lowest BCUT2D eigenvalue weighted by Crippen LogP contribution is -2.26. The highest BCUT2D eigenvalue weighted by Gasteiger charge is 2.26. The highest BCUT2D eigenvalue weighted by molar-refractivity contribution is 5.98. The van der Waals surface area contributed by atoms with E-state index in [-0.39, 0.29) is 11.8 Å². The van der Waals surface area contributed by atoms with Gasteiger partial charge in [0, 0.05) is 6.42 Å². The normalized spacial score (nSPS) is 12.1. The van der Waals surface area contributed by atoms with E-state index in [9.17, 15) is 9.59 Å². The highest BCUT2D eigenvalue weighted by Crippen LogP contribution is 2.19. The van der Waals surface area contributed by atoms with Crippen LogP contribution in [0.4, 0.5) is 0 Å². The molecule has 0 aliphatic carbocycles. The Labute approximate surface area is 213 Å². The summed E-state index contributed by atoms with van der Waals surface area (Å²) < 4.78 is 5.56. The summed E-state index contributed by atoms with van der Waals surface area (Å²) in [6.07, 6.45) is 28.0. The first-order valence-electron chi connectivity index (χ1n) is 15.4. The number of ketones is 1. The number of rotatable bonds is 27. The first-order chi connectivity index (χ1) is 16.7. The van der Waals surface area contributed by atoms with Gasteiger partial charge in [-0.2, -0.15) is 0 Å². The smallest absolute Gasteiger partial charge is 0.316 e. The van der Waals surface area contributed by atoms with Crippen LogP contribution in [0.15, 0.2) is 0 Å². The van der Waals surface area contributed by atoms with Gasteiger partial charge in [-0.05, 0) is 19.3 Å². The number of unbranched alkanes of at least 4 members (excludes halogenated alkanes) is 19. The maximum Gasteiger partial charge on any atom is 0.316 e. The molecule has 0 heterocycles. The van der Waals surface area contributed by atoms with Crippen molar-refractivity contribution < 1.29 is 14.3 Å². The Morgan fingerprint density at radius 3 is 1.35 bits per heavy atom. The second kappa shape index (κ2) is 26.7. The third-order valence-electron chi connectivity index (χ3n) is 7.04. The van der Waals surface area contributed by atoms with E-state index in [2.05, 4.69) is 20.8 Å². The highest BCUT2D eigenvalue weighted by atomic mass is 16.5. The van der Waals surface area contributed by atoms with E-state index in [1.165, 1.54) is 103 Å². The zero-order valence-corrected chi connectivity index (χ0v) is 23.5. The number of Topliss-reactive ketones (excluding diaryl/α,β-unsaturated/α-hetero) is 1. The van der Waals surface area contributed by atoms with Crippen LogP contribution in [-0.4, -0.2) is 18.4 Å². The molecular formula is C31H60O3. The van der Waals surface area contributed by atoms with Crippen LogP contribution >= 0.6 is 0 Å². The molecule has 0 saturated carbocycles. The molecule has 34 heavy (non-hydrogen) atoms. The molecule has 0 spiro atoms. The van der Waals surface area contributed by atoms with Crippen molar-refractivity contribution in [1.82, 2.24) is 0 Å². The lowest BCUT2D eigenvalue weighted by Gasteiger charge is -2.15. The summed E-state index contributed by atoms with van der Waals surface area (Å²) in [4.78, 5) is 25.6. The predicted molar refractivity (Wildman–Crippen MR) is 147 cm³/mol. The number of hydrogen-bond donors (Lipinski definition) is 0. The first-order valence-corrected chi connectivity index (χ1v) is 15.4. The summed E-state index contributed by atoms with van der Waals surface area (Å²) in [5, 5.41) is 0. The van der Waals surface area contributed by atoms with Gasteiger partial charge < -0.3 is 4.74 Å². The Morgan fingerprint density at radius 1 is 0.500 bits per heavy atom. The van der Waals surface area contributed by atoms with Gasteiger partial charge in [-0.3, -0.25) is 9.59 Å². The molecule has 1 atom stereocenters. The molecule has 0 bridgehead atoms. The zero-order valence-electron chi connectivity index (χ0n) is 23.5. The summed E-state index contributed by atoms with van der Waals surface area (Å²) in [5.41, 5.74) is 0. The van der Waals surface area contributed by atoms with Crippen LogP contribution in [0.1, 0.15) is 175 Å². The van der Waals surface area contributed by atoms with Crippen molar-refractivity contribution in [3.8, 4) is 0 Å². The summed E-state index contributed by atoms with van der Waals surface area (Å²) >= 11 is 0. The van der Waals surface area contributed by atoms with Crippen molar-refractivity contribution in [3.05, 3.63) is 0 Å². The molecule has 3 nitrogen and oxygen atoms in total. The summed E-state index contributed by atoms with van der Waals surface area (Å²) in [5.74, 6) is -0.652. The average molecular weight is 481 g/mol. The minimum Gasteiger partial charge on any atom is -0.465 e. The number of carbonyl (C=O) groups excluding carboxylic acids is 2. The number of carbonyl (C=O) groups is 2. The van der Waals surface area contributed by atoms with Gasteiger partial charge in [0.25, 0.3) is 0 Å². The Morgan fingerprint density at radius 2 is 0.882 bits per heavy atom. The van der Waals surface area contributed by atoms with Crippen molar-refractivity contribution in [2.24, 2.45) is 5.92 Å². The van der Waals surface area contributed by atoms with Gasteiger partial charge in [-0.15, -0.1) is 0 Å². The largest absolute Gasteiger partial charge is 0.465 e. The molecule has 3 heteroatoms. The monoisotopic (exact) mass is 480 g/mol. The molecule has 1 unspecified atom stereocenters. The zero-order chi connectivity index (χ0) is 25.1. The molecule has 0 rings (SSSR count). The van der Waals surface area contributed by atoms with Crippen molar-refractivity contribution in [1.29, 1.82) is 0 Å². The minimum atomic E-state index is -0.523. The van der Waals surface area contributed by atoms with Crippen LogP contribution < -0.4 is 0 Å². The van der Waals surface area contributed by atoms with Crippen LogP contribution in [0, 0.1) is 5.92 Å². The van der Waals surface area contributed by atoms with Crippen molar-refractivity contribution >= 4 is 11.8 Å². The Balaban J connectivity index is 4.12. The lowest BCUT2D eigenvalue weighted by molar-refractivity contribution is -0.152. The molecule has 0 amide bonds. The topological polar surface area (TPSA) is 43.4 Å². The van der Waals surface area contributed by atoms with E-state index < -0.39 is 5.92 Å². The van der Waals surface area contributed by atoms with Gasteiger partial charge in [-0.1, -0.05) is 149 Å². The Hall–Kier alpha value is -0.860. The second-order valence-electron chi connectivity index (χ2n) is 10.4. The van der Waals surface area contributed by atoms with E-state index >= 15 is 0 Å². The minimum absolute atomic E-state index is 0.124. The standard InChI is InChI=1S/C31H60O3/c1-4-7-10-13-15-16-17-18-19-21-24-27-30(32)29(26-23-20-12-9-6-3)31(33)34-28-25-22-14-11-8-5-2/h29H,4-28H2,1-3H3. The molecule has 0 aliphatic rings. The van der Waals surface area contributed by atoms with Gasteiger partial charge in [0.2, 0.25) is 0 Å². The van der Waals surface area contributed by atoms with E-state index in [0.717, 1.165) is 38.5 Å². The van der Waals surface area contributed by atoms with Gasteiger partial charge in [0.15, 0.2) is 0 Å². The maximum absolute atomic E-state index is 12.9. The first kappa shape index (κ1) is 33.1. The molecule has 0 radical (unpaired) electrons. The summed E-state index contributed by atoms with van der Waals surface area (Å²) in [6, 6.07) is 0. The third-order valence-corrected chi connectivity index (χ3v) is 7.04. The van der Waals surface area contributed by atoms with E-state index in [1.807, 2.05) is 0 Å². The molecule has 0 fully saturated rings. The Bertz CT molecular complexity index is 446. The Kier molecular flexibility index (Phi) is 26.1. The third kappa shape index (κ3) is 21.7. The van der Waals surface area contributed by atoms with Gasteiger partial charge in [0.1, 0.15) is 11.7 Å². The number of esters is 1. The second-order valence-corrected chi connectivity index (χ2v) is 10.4. The molecular weight excluding hydrogens is 420 g/mol. The van der Waals surface area contributed by atoms with E-state index in [0.29, 0.717) is 19.4 Å². The van der Waals surface area contributed by atoms with Gasteiger partial charge in [0.05, 0.1) is 6.61 Å². The fourth-order valence-corrected chi connectivity index (χ4v) is 4.66.